The molecular weight excluding hydrogens is 457 g/mol. The lowest BCUT2D eigenvalue weighted by Gasteiger charge is -2.24. The van der Waals surface area contributed by atoms with Gasteiger partial charge in [-0.3, -0.25) is 19.5 Å². The minimum absolute atomic E-state index is 0.0197. The summed E-state index contributed by atoms with van der Waals surface area (Å²) < 4.78 is 21.2. The van der Waals surface area contributed by atoms with Gasteiger partial charge < -0.3 is 9.32 Å². The van der Waals surface area contributed by atoms with E-state index in [1.165, 1.54) is 6.07 Å². The van der Waals surface area contributed by atoms with Crippen LogP contribution in [0.5, 0.6) is 0 Å². The summed E-state index contributed by atoms with van der Waals surface area (Å²) in [5.74, 6) is 1.51. The molecule has 7 rings (SSSR count). The number of halogens is 1. The molecule has 0 radical (unpaired) electrons. The molecule has 0 N–H and O–H groups in total. The van der Waals surface area contributed by atoms with Crippen LogP contribution < -0.4 is 0 Å². The fraction of sp³-hybridized carbons (Fsp3) is 0.414. The van der Waals surface area contributed by atoms with E-state index < -0.39 is 5.54 Å². The Bertz CT molecular complexity index is 1450. The Hall–Kier alpha value is -3.48. The second kappa shape index (κ2) is 7.76. The van der Waals surface area contributed by atoms with E-state index >= 15 is 4.39 Å². The van der Waals surface area contributed by atoms with Crippen molar-refractivity contribution < 1.29 is 18.4 Å². The van der Waals surface area contributed by atoms with Crippen molar-refractivity contribution in [1.29, 1.82) is 0 Å². The molecule has 3 fully saturated rings. The highest BCUT2D eigenvalue weighted by Crippen LogP contribution is 2.46. The quantitative estimate of drug-likeness (QED) is 0.515. The largest absolute Gasteiger partial charge is 0.461 e. The SMILES string of the molecule is Cc1cc2cc(-c3ccc(C4=NC5(CC5)C(=O)N4C[C@@H]4CCN(C(=O)C5CC5)C4)c(F)c3)ccc2o1. The minimum Gasteiger partial charge on any atom is -0.461 e. The monoisotopic (exact) mass is 485 g/mol. The van der Waals surface area contributed by atoms with E-state index in [0.29, 0.717) is 37.3 Å². The van der Waals surface area contributed by atoms with Crippen molar-refractivity contribution >= 4 is 28.6 Å². The van der Waals surface area contributed by atoms with Crippen LogP contribution in [0.25, 0.3) is 22.1 Å². The number of hydrogen-bond donors (Lipinski definition) is 0. The Morgan fingerprint density at radius 1 is 1.11 bits per heavy atom. The molecule has 4 aliphatic rings. The first-order valence-electron chi connectivity index (χ1n) is 12.9. The van der Waals surface area contributed by atoms with Crippen molar-refractivity contribution in [1.82, 2.24) is 9.80 Å². The molecule has 0 bridgehead atoms. The highest BCUT2D eigenvalue weighted by atomic mass is 19.1. The zero-order chi connectivity index (χ0) is 24.6. The predicted octanol–water partition coefficient (Wildman–Crippen LogP) is 4.93. The fourth-order valence-electron chi connectivity index (χ4n) is 5.74. The summed E-state index contributed by atoms with van der Waals surface area (Å²) in [6.07, 6.45) is 4.28. The highest BCUT2D eigenvalue weighted by Gasteiger charge is 2.58. The molecule has 2 saturated carbocycles. The summed E-state index contributed by atoms with van der Waals surface area (Å²) >= 11 is 0. The number of rotatable bonds is 5. The van der Waals surface area contributed by atoms with E-state index in [1.54, 1.807) is 11.0 Å². The van der Waals surface area contributed by atoms with Gasteiger partial charge in [-0.2, -0.15) is 0 Å². The maximum absolute atomic E-state index is 15.6. The summed E-state index contributed by atoms with van der Waals surface area (Å²) in [5.41, 5.74) is 2.13. The molecule has 1 spiro atoms. The number of fused-ring (bicyclic) bond motifs is 1. The van der Waals surface area contributed by atoms with Crippen LogP contribution in [0.4, 0.5) is 4.39 Å². The number of hydrogen-bond acceptors (Lipinski definition) is 4. The van der Waals surface area contributed by atoms with Gasteiger partial charge in [0.15, 0.2) is 0 Å². The van der Waals surface area contributed by atoms with Crippen LogP contribution in [0.15, 0.2) is 51.9 Å². The molecule has 2 amide bonds. The molecule has 7 heteroatoms. The molecule has 1 saturated heterocycles. The smallest absolute Gasteiger partial charge is 0.256 e. The molecule has 1 atom stereocenters. The highest BCUT2D eigenvalue weighted by molar-refractivity contribution is 6.16. The maximum Gasteiger partial charge on any atom is 0.256 e. The number of aliphatic imine (C=N–C) groups is 1. The van der Waals surface area contributed by atoms with Crippen LogP contribution in [0.3, 0.4) is 0 Å². The van der Waals surface area contributed by atoms with E-state index in [9.17, 15) is 9.59 Å². The molecular formula is C29H28FN3O3. The maximum atomic E-state index is 15.6. The molecule has 3 heterocycles. The number of benzene rings is 2. The number of amidine groups is 1. The van der Waals surface area contributed by atoms with Gasteiger partial charge in [-0.15, -0.1) is 0 Å². The Balaban J connectivity index is 1.15. The standard InChI is InChI=1S/C29H28FN3O3/c1-17-12-22-13-20(5-7-25(22)36-17)21-4-6-23(24(30)14-21)26-31-29(9-10-29)28(35)33(26)16-18-8-11-32(15-18)27(34)19-2-3-19/h4-7,12-14,18-19H,2-3,8-11,15-16H2,1H3/t18-/m1/s1. The first-order chi connectivity index (χ1) is 17.4. The summed E-state index contributed by atoms with van der Waals surface area (Å²) in [7, 11) is 0. The molecule has 184 valence electrons. The van der Waals surface area contributed by atoms with Gasteiger partial charge in [0, 0.05) is 30.9 Å². The lowest BCUT2D eigenvalue weighted by molar-refractivity contribution is -0.131. The number of furan rings is 1. The Labute approximate surface area is 208 Å². The second-order valence-electron chi connectivity index (χ2n) is 10.9. The molecule has 2 aromatic carbocycles. The summed E-state index contributed by atoms with van der Waals surface area (Å²) in [6, 6.07) is 13.0. The zero-order valence-corrected chi connectivity index (χ0v) is 20.3. The Morgan fingerprint density at radius 2 is 1.89 bits per heavy atom. The molecule has 36 heavy (non-hydrogen) atoms. The topological polar surface area (TPSA) is 66.1 Å². The summed E-state index contributed by atoms with van der Waals surface area (Å²) in [4.78, 5) is 34.2. The molecule has 6 nitrogen and oxygen atoms in total. The lowest BCUT2D eigenvalue weighted by atomic mass is 10.0. The first-order valence-corrected chi connectivity index (χ1v) is 12.9. The van der Waals surface area contributed by atoms with Crippen LogP contribution in [0.1, 0.15) is 43.4 Å². The first kappa shape index (κ1) is 21.8. The van der Waals surface area contributed by atoms with Crippen molar-refractivity contribution in [3.05, 3.63) is 59.6 Å². The van der Waals surface area contributed by atoms with E-state index in [-0.39, 0.29) is 29.5 Å². The third-order valence-electron chi connectivity index (χ3n) is 8.09. The molecule has 1 aromatic heterocycles. The Kier molecular flexibility index (Phi) is 4.69. The van der Waals surface area contributed by atoms with Gasteiger partial charge in [0.05, 0.1) is 5.56 Å². The van der Waals surface area contributed by atoms with Crippen molar-refractivity contribution in [2.24, 2.45) is 16.8 Å². The third-order valence-corrected chi connectivity index (χ3v) is 8.09. The van der Waals surface area contributed by atoms with Crippen LogP contribution in [0.2, 0.25) is 0 Å². The minimum atomic E-state index is -0.702. The number of carbonyl (C=O) groups is 2. The van der Waals surface area contributed by atoms with Crippen LogP contribution in [-0.4, -0.2) is 52.6 Å². The number of likely N-dealkylation sites (tertiary alicyclic amines) is 1. The third kappa shape index (κ3) is 3.55. The van der Waals surface area contributed by atoms with Crippen molar-refractivity contribution in [3.63, 3.8) is 0 Å². The predicted molar refractivity (Wildman–Crippen MR) is 134 cm³/mol. The normalized spacial score (nSPS) is 22.7. The average Bonchev–Trinajstić information content (AvgIpc) is 3.76. The van der Waals surface area contributed by atoms with Crippen LogP contribution in [-0.2, 0) is 9.59 Å². The molecule has 0 unspecified atom stereocenters. The van der Waals surface area contributed by atoms with Gasteiger partial charge in [-0.25, -0.2) is 4.39 Å². The van der Waals surface area contributed by atoms with Gasteiger partial charge in [0.1, 0.15) is 28.5 Å². The number of nitrogens with zero attached hydrogens (tertiary/aromatic N) is 3. The van der Waals surface area contributed by atoms with E-state index in [0.717, 1.165) is 53.7 Å². The zero-order valence-electron chi connectivity index (χ0n) is 20.3. The van der Waals surface area contributed by atoms with E-state index in [1.807, 2.05) is 42.2 Å². The number of amides is 2. The van der Waals surface area contributed by atoms with Crippen LogP contribution >= 0.6 is 0 Å². The van der Waals surface area contributed by atoms with Gasteiger partial charge >= 0.3 is 0 Å². The van der Waals surface area contributed by atoms with Gasteiger partial charge in [0.25, 0.3) is 5.91 Å². The van der Waals surface area contributed by atoms with Crippen molar-refractivity contribution in [3.8, 4) is 11.1 Å². The van der Waals surface area contributed by atoms with E-state index in [4.69, 9.17) is 9.41 Å². The van der Waals surface area contributed by atoms with Crippen molar-refractivity contribution in [2.45, 2.75) is 44.6 Å². The molecule has 2 aliphatic heterocycles. The number of aryl methyl sites for hydroxylation is 1. The van der Waals surface area contributed by atoms with Gasteiger partial charge in [-0.05, 0) is 86.4 Å². The molecule has 3 aromatic rings. The lowest BCUT2D eigenvalue weighted by Crippen LogP contribution is -2.41. The summed E-state index contributed by atoms with van der Waals surface area (Å²) in [5, 5.41) is 0.980. The number of carbonyl (C=O) groups excluding carboxylic acids is 2. The van der Waals surface area contributed by atoms with Gasteiger partial charge in [-0.1, -0.05) is 12.1 Å². The second-order valence-corrected chi connectivity index (χ2v) is 10.9. The average molecular weight is 486 g/mol. The summed E-state index contributed by atoms with van der Waals surface area (Å²) in [6.45, 7) is 3.79. The molecule has 2 aliphatic carbocycles. The fourth-order valence-corrected chi connectivity index (χ4v) is 5.74. The van der Waals surface area contributed by atoms with Gasteiger partial charge in [0.2, 0.25) is 5.91 Å². The Morgan fingerprint density at radius 3 is 2.64 bits per heavy atom. The van der Waals surface area contributed by atoms with Crippen molar-refractivity contribution in [2.75, 3.05) is 19.6 Å². The van der Waals surface area contributed by atoms with E-state index in [2.05, 4.69) is 0 Å². The van der Waals surface area contributed by atoms with Crippen LogP contribution in [0, 0.1) is 24.6 Å².